The number of hydrogen-bond donors (Lipinski definition) is 1. The van der Waals surface area contributed by atoms with Gasteiger partial charge in [0.15, 0.2) is 0 Å². The zero-order chi connectivity index (χ0) is 11.5. The number of likely N-dealkylation sites (tertiary alicyclic amines) is 1. The van der Waals surface area contributed by atoms with E-state index in [9.17, 15) is 4.79 Å². The van der Waals surface area contributed by atoms with Crippen LogP contribution in [0.15, 0.2) is 16.3 Å². The molecule has 88 valence electrons. The van der Waals surface area contributed by atoms with Gasteiger partial charge < -0.3 is 10.6 Å². The summed E-state index contributed by atoms with van der Waals surface area (Å²) in [6, 6.07) is 2.28. The lowest BCUT2D eigenvalue weighted by Crippen LogP contribution is -2.42. The van der Waals surface area contributed by atoms with Crippen LogP contribution >= 0.6 is 23.1 Å². The Morgan fingerprint density at radius 3 is 2.88 bits per heavy atom. The van der Waals surface area contributed by atoms with Crippen LogP contribution < -0.4 is 5.73 Å². The average Bonchev–Trinajstić information content (AvgIpc) is 2.77. The second kappa shape index (κ2) is 5.21. The molecule has 1 amide bonds. The van der Waals surface area contributed by atoms with E-state index in [1.807, 2.05) is 22.6 Å². The molecule has 1 aromatic rings. The van der Waals surface area contributed by atoms with E-state index in [4.69, 9.17) is 5.73 Å². The van der Waals surface area contributed by atoms with Crippen molar-refractivity contribution in [3.63, 3.8) is 0 Å². The van der Waals surface area contributed by atoms with Crippen LogP contribution in [0, 0.1) is 0 Å². The number of amides is 1. The number of piperidine rings is 1. The standard InChI is InChI=1S/C11H16N2OS2/c1-15-9-4-7-16-10(9)11(14)13-5-2-8(12)3-6-13/h4,7-8H,2-3,5-6,12H2,1H3. The fourth-order valence-electron chi connectivity index (χ4n) is 1.86. The summed E-state index contributed by atoms with van der Waals surface area (Å²) < 4.78 is 0. The summed E-state index contributed by atoms with van der Waals surface area (Å²) in [5.41, 5.74) is 5.83. The summed E-state index contributed by atoms with van der Waals surface area (Å²) in [6.45, 7) is 1.59. The van der Waals surface area contributed by atoms with Crippen molar-refractivity contribution in [1.29, 1.82) is 0 Å². The molecule has 1 aromatic heterocycles. The molecular formula is C11H16N2OS2. The van der Waals surface area contributed by atoms with Gasteiger partial charge in [0, 0.05) is 24.0 Å². The molecule has 1 saturated heterocycles. The quantitative estimate of drug-likeness (QED) is 0.824. The molecule has 0 aromatic carbocycles. The number of thiophene rings is 1. The number of carbonyl (C=O) groups excluding carboxylic acids is 1. The Bertz CT molecular complexity index is 370. The van der Waals surface area contributed by atoms with Crippen molar-refractivity contribution in [2.75, 3.05) is 19.3 Å². The number of rotatable bonds is 2. The Hall–Kier alpha value is -0.520. The molecule has 0 spiro atoms. The first-order valence-corrected chi connectivity index (χ1v) is 7.49. The number of thioether (sulfide) groups is 1. The zero-order valence-corrected chi connectivity index (χ0v) is 10.9. The van der Waals surface area contributed by atoms with E-state index in [2.05, 4.69) is 0 Å². The van der Waals surface area contributed by atoms with Crippen molar-refractivity contribution in [3.05, 3.63) is 16.3 Å². The van der Waals surface area contributed by atoms with Gasteiger partial charge in [-0.15, -0.1) is 23.1 Å². The molecule has 0 bridgehead atoms. The maximum Gasteiger partial charge on any atom is 0.265 e. The highest BCUT2D eigenvalue weighted by atomic mass is 32.2. The highest BCUT2D eigenvalue weighted by Gasteiger charge is 2.23. The molecule has 1 aliphatic rings. The number of carbonyl (C=O) groups is 1. The third-order valence-corrected chi connectivity index (χ3v) is 4.68. The van der Waals surface area contributed by atoms with Crippen molar-refractivity contribution in [1.82, 2.24) is 4.90 Å². The lowest BCUT2D eigenvalue weighted by molar-refractivity contribution is 0.0716. The molecule has 5 heteroatoms. The van der Waals surface area contributed by atoms with Crippen molar-refractivity contribution in [3.8, 4) is 0 Å². The minimum Gasteiger partial charge on any atom is -0.338 e. The number of hydrogen-bond acceptors (Lipinski definition) is 4. The van der Waals surface area contributed by atoms with Gasteiger partial charge in [0.1, 0.15) is 4.88 Å². The van der Waals surface area contributed by atoms with Crippen LogP contribution in [-0.2, 0) is 0 Å². The van der Waals surface area contributed by atoms with Crippen LogP contribution in [0.25, 0.3) is 0 Å². The highest BCUT2D eigenvalue weighted by molar-refractivity contribution is 7.98. The topological polar surface area (TPSA) is 46.3 Å². The van der Waals surface area contributed by atoms with Crippen LogP contribution in [0.5, 0.6) is 0 Å². The van der Waals surface area contributed by atoms with Crippen molar-refractivity contribution in [2.24, 2.45) is 5.73 Å². The van der Waals surface area contributed by atoms with E-state index in [0.29, 0.717) is 0 Å². The summed E-state index contributed by atoms with van der Waals surface area (Å²) in [5.74, 6) is 0.172. The van der Waals surface area contributed by atoms with Crippen LogP contribution in [0.4, 0.5) is 0 Å². The summed E-state index contributed by atoms with van der Waals surface area (Å²) in [7, 11) is 0. The van der Waals surface area contributed by atoms with E-state index in [1.54, 1.807) is 11.8 Å². The van der Waals surface area contributed by atoms with Gasteiger partial charge >= 0.3 is 0 Å². The highest BCUT2D eigenvalue weighted by Crippen LogP contribution is 2.27. The first-order chi connectivity index (χ1) is 7.72. The second-order valence-corrected chi connectivity index (χ2v) is 5.71. The van der Waals surface area contributed by atoms with Crippen molar-refractivity contribution in [2.45, 2.75) is 23.8 Å². The predicted molar refractivity (Wildman–Crippen MR) is 69.2 cm³/mol. The van der Waals surface area contributed by atoms with Gasteiger partial charge in [-0.25, -0.2) is 0 Å². The van der Waals surface area contributed by atoms with Crippen LogP contribution in [0.2, 0.25) is 0 Å². The Balaban J connectivity index is 2.07. The molecule has 1 aliphatic heterocycles. The van der Waals surface area contributed by atoms with Crippen molar-refractivity contribution < 1.29 is 4.79 Å². The van der Waals surface area contributed by atoms with Gasteiger partial charge in [-0.3, -0.25) is 4.79 Å². The maximum atomic E-state index is 12.2. The molecule has 2 heterocycles. The normalized spacial score (nSPS) is 17.8. The maximum absolute atomic E-state index is 12.2. The minimum atomic E-state index is 0.172. The number of nitrogens with zero attached hydrogens (tertiary/aromatic N) is 1. The fourth-order valence-corrected chi connectivity index (χ4v) is 3.57. The molecule has 16 heavy (non-hydrogen) atoms. The first-order valence-electron chi connectivity index (χ1n) is 5.38. The molecule has 3 nitrogen and oxygen atoms in total. The van der Waals surface area contributed by atoms with Crippen LogP contribution in [-0.4, -0.2) is 36.2 Å². The lowest BCUT2D eigenvalue weighted by Gasteiger charge is -2.30. The molecule has 1 fully saturated rings. The third kappa shape index (κ3) is 2.42. The van der Waals surface area contributed by atoms with Crippen LogP contribution in [0.3, 0.4) is 0 Å². The first kappa shape index (κ1) is 12.0. The zero-order valence-electron chi connectivity index (χ0n) is 9.31. The van der Waals surface area contributed by atoms with E-state index in [1.165, 1.54) is 11.3 Å². The van der Waals surface area contributed by atoms with Gasteiger partial charge in [-0.1, -0.05) is 0 Å². The van der Waals surface area contributed by atoms with E-state index in [0.717, 1.165) is 35.7 Å². The molecule has 0 unspecified atom stereocenters. The fraction of sp³-hybridized carbons (Fsp3) is 0.545. The van der Waals surface area contributed by atoms with Gasteiger partial charge in [0.05, 0.1) is 0 Å². The summed E-state index contributed by atoms with van der Waals surface area (Å²) >= 11 is 3.17. The second-order valence-electron chi connectivity index (χ2n) is 3.95. The van der Waals surface area contributed by atoms with Crippen molar-refractivity contribution >= 4 is 29.0 Å². The Morgan fingerprint density at radius 1 is 1.56 bits per heavy atom. The predicted octanol–water partition coefficient (Wildman–Crippen LogP) is 2.03. The van der Waals surface area contributed by atoms with E-state index < -0.39 is 0 Å². The number of nitrogens with two attached hydrogens (primary N) is 1. The minimum absolute atomic E-state index is 0.172. The van der Waals surface area contributed by atoms with Gasteiger partial charge in [-0.2, -0.15) is 0 Å². The Morgan fingerprint density at radius 2 is 2.25 bits per heavy atom. The monoisotopic (exact) mass is 256 g/mol. The molecule has 2 rings (SSSR count). The van der Waals surface area contributed by atoms with Gasteiger partial charge in [-0.05, 0) is 30.5 Å². The summed E-state index contributed by atoms with van der Waals surface area (Å²) in [6.07, 6.45) is 3.85. The molecule has 0 atom stereocenters. The largest absolute Gasteiger partial charge is 0.338 e. The van der Waals surface area contributed by atoms with E-state index >= 15 is 0 Å². The van der Waals surface area contributed by atoms with Crippen LogP contribution in [0.1, 0.15) is 22.5 Å². The van der Waals surface area contributed by atoms with Gasteiger partial charge in [0.2, 0.25) is 0 Å². The molecule has 2 N–H and O–H groups in total. The Labute approximate surface area is 104 Å². The molecule has 0 aliphatic carbocycles. The Kier molecular flexibility index (Phi) is 3.89. The van der Waals surface area contributed by atoms with E-state index in [-0.39, 0.29) is 11.9 Å². The van der Waals surface area contributed by atoms with Gasteiger partial charge in [0.25, 0.3) is 5.91 Å². The molecular weight excluding hydrogens is 240 g/mol. The smallest absolute Gasteiger partial charge is 0.265 e. The molecule has 0 radical (unpaired) electrons. The third-order valence-electron chi connectivity index (χ3n) is 2.87. The lowest BCUT2D eigenvalue weighted by atomic mass is 10.1. The summed E-state index contributed by atoms with van der Waals surface area (Å²) in [5, 5.41) is 1.98. The average molecular weight is 256 g/mol. The summed E-state index contributed by atoms with van der Waals surface area (Å²) in [4.78, 5) is 16.1. The molecule has 0 saturated carbocycles. The SMILES string of the molecule is CSc1ccsc1C(=O)N1CCC(N)CC1.